The van der Waals surface area contributed by atoms with Gasteiger partial charge in [0.05, 0.1) is 6.04 Å². The number of alkyl halides is 2. The lowest BCUT2D eigenvalue weighted by Gasteiger charge is -2.36. The predicted octanol–water partition coefficient (Wildman–Crippen LogP) is 4.30. The zero-order valence-electron chi connectivity index (χ0n) is 16.6. The number of benzene rings is 2. The van der Waals surface area contributed by atoms with Crippen LogP contribution in [0.2, 0.25) is 5.02 Å². The molecular weight excluding hydrogens is 432 g/mol. The van der Waals surface area contributed by atoms with Crippen molar-refractivity contribution in [1.82, 2.24) is 13.7 Å². The van der Waals surface area contributed by atoms with E-state index in [1.165, 1.54) is 8.72 Å². The summed E-state index contributed by atoms with van der Waals surface area (Å²) in [6, 6.07) is 16.9. The van der Waals surface area contributed by atoms with Crippen LogP contribution in [0.1, 0.15) is 35.9 Å². The molecule has 30 heavy (non-hydrogen) atoms. The Labute approximate surface area is 181 Å². The number of piperidine rings is 1. The van der Waals surface area contributed by atoms with Crippen LogP contribution in [0, 0.1) is 0 Å². The molecular formula is C21H24ClF2N3O2S. The van der Waals surface area contributed by atoms with E-state index >= 15 is 0 Å². The molecule has 2 aliphatic rings. The van der Waals surface area contributed by atoms with Gasteiger partial charge < -0.3 is 0 Å². The molecule has 0 aliphatic carbocycles. The molecule has 162 valence electrons. The smallest absolute Gasteiger partial charge is 0.222 e. The van der Waals surface area contributed by atoms with Crippen molar-refractivity contribution >= 4 is 21.8 Å². The topological polar surface area (TPSA) is 43.9 Å². The number of hydrogen-bond donors (Lipinski definition) is 0. The van der Waals surface area contributed by atoms with Crippen LogP contribution in [0.5, 0.6) is 0 Å². The monoisotopic (exact) mass is 455 g/mol. The van der Waals surface area contributed by atoms with Gasteiger partial charge in [-0.15, -0.1) is 4.41 Å². The lowest BCUT2D eigenvalue weighted by molar-refractivity contribution is -0.0431. The first-order chi connectivity index (χ1) is 14.2. The average molecular weight is 456 g/mol. The molecule has 1 unspecified atom stereocenters. The Kier molecular flexibility index (Phi) is 5.89. The van der Waals surface area contributed by atoms with Gasteiger partial charge in [0.2, 0.25) is 0 Å². The third kappa shape index (κ3) is 4.11. The van der Waals surface area contributed by atoms with E-state index < -0.39 is 29.0 Å². The first-order valence-corrected chi connectivity index (χ1v) is 11.7. The summed E-state index contributed by atoms with van der Waals surface area (Å²) in [4.78, 5) is 0. The zero-order valence-corrected chi connectivity index (χ0v) is 18.2. The molecule has 5 nitrogen and oxygen atoms in total. The number of hydrazine groups is 1. The minimum Gasteiger partial charge on any atom is -0.222 e. The maximum Gasteiger partial charge on any atom is 0.295 e. The predicted molar refractivity (Wildman–Crippen MR) is 113 cm³/mol. The summed E-state index contributed by atoms with van der Waals surface area (Å²) in [5.74, 6) is -2.92. The van der Waals surface area contributed by atoms with Crippen molar-refractivity contribution in [2.45, 2.75) is 30.7 Å². The summed E-state index contributed by atoms with van der Waals surface area (Å²) in [6.45, 7) is -0.119. The highest BCUT2D eigenvalue weighted by Crippen LogP contribution is 2.44. The van der Waals surface area contributed by atoms with Gasteiger partial charge >= 0.3 is 0 Å². The van der Waals surface area contributed by atoms with E-state index in [0.717, 1.165) is 11.1 Å². The van der Waals surface area contributed by atoms with Gasteiger partial charge in [-0.25, -0.2) is 13.8 Å². The van der Waals surface area contributed by atoms with Crippen LogP contribution in [0.4, 0.5) is 8.78 Å². The molecule has 2 atom stereocenters. The number of likely N-dealkylation sites (N-methyl/N-ethyl adjacent to an activating group) is 1. The highest BCUT2D eigenvalue weighted by Gasteiger charge is 2.48. The lowest BCUT2D eigenvalue weighted by Crippen LogP contribution is -2.51. The number of halogens is 3. The van der Waals surface area contributed by atoms with E-state index in [9.17, 15) is 17.2 Å². The highest BCUT2D eigenvalue weighted by molar-refractivity contribution is 7.86. The largest absolute Gasteiger partial charge is 0.295 e. The Bertz CT molecular complexity index is 979. The minimum absolute atomic E-state index is 0.113. The van der Waals surface area contributed by atoms with Crippen LogP contribution in [-0.4, -0.2) is 54.8 Å². The fourth-order valence-electron chi connectivity index (χ4n) is 4.33. The molecule has 0 spiro atoms. The fourth-order valence-corrected chi connectivity index (χ4v) is 6.14. The van der Waals surface area contributed by atoms with Crippen LogP contribution < -0.4 is 0 Å². The van der Waals surface area contributed by atoms with Crippen molar-refractivity contribution in [2.75, 3.05) is 26.7 Å². The van der Waals surface area contributed by atoms with Crippen molar-refractivity contribution in [1.29, 1.82) is 0 Å². The summed E-state index contributed by atoms with van der Waals surface area (Å²) in [6.07, 6.45) is -0.904. The molecule has 0 amide bonds. The van der Waals surface area contributed by atoms with E-state index in [0.29, 0.717) is 5.02 Å². The SMILES string of the molecule is CN1C(c2ccc(Cl)cc2)[C@@H](c2ccccc2)CN1S(=O)(=O)N1CCC(F)(F)CC1. The third-order valence-corrected chi connectivity index (χ3v) is 8.18. The molecule has 2 aliphatic heterocycles. The summed E-state index contributed by atoms with van der Waals surface area (Å²) >= 11 is 6.05. The van der Waals surface area contributed by atoms with Gasteiger partial charge in [0.15, 0.2) is 0 Å². The van der Waals surface area contributed by atoms with E-state index in [1.807, 2.05) is 42.5 Å². The molecule has 2 aromatic rings. The highest BCUT2D eigenvalue weighted by atomic mass is 35.5. The lowest BCUT2D eigenvalue weighted by atomic mass is 9.88. The minimum atomic E-state index is -3.92. The molecule has 2 aromatic carbocycles. The number of hydrogen-bond acceptors (Lipinski definition) is 3. The molecule has 0 N–H and O–H groups in total. The van der Waals surface area contributed by atoms with Crippen molar-refractivity contribution < 1.29 is 17.2 Å². The maximum atomic E-state index is 13.6. The Morgan fingerprint density at radius 2 is 1.57 bits per heavy atom. The second-order valence-corrected chi connectivity index (χ2v) is 10.1. The van der Waals surface area contributed by atoms with Crippen LogP contribution in [0.15, 0.2) is 54.6 Å². The van der Waals surface area contributed by atoms with Gasteiger partial charge in [0, 0.05) is 50.5 Å². The van der Waals surface area contributed by atoms with Gasteiger partial charge in [-0.05, 0) is 23.3 Å². The fraction of sp³-hybridized carbons (Fsp3) is 0.429. The second-order valence-electron chi connectivity index (χ2n) is 7.85. The number of rotatable bonds is 4. The van der Waals surface area contributed by atoms with E-state index in [2.05, 4.69) is 0 Å². The molecule has 0 radical (unpaired) electrons. The average Bonchev–Trinajstić information content (AvgIpc) is 3.07. The summed E-state index contributed by atoms with van der Waals surface area (Å²) in [5, 5.41) is 2.32. The van der Waals surface area contributed by atoms with Gasteiger partial charge in [0.25, 0.3) is 16.1 Å². The molecule has 2 fully saturated rings. The van der Waals surface area contributed by atoms with Crippen LogP contribution in [-0.2, 0) is 10.2 Å². The summed E-state index contributed by atoms with van der Waals surface area (Å²) in [7, 11) is -2.18. The van der Waals surface area contributed by atoms with E-state index in [1.54, 1.807) is 24.2 Å². The van der Waals surface area contributed by atoms with Crippen molar-refractivity contribution in [3.63, 3.8) is 0 Å². The molecule has 9 heteroatoms. The van der Waals surface area contributed by atoms with E-state index in [-0.39, 0.29) is 31.6 Å². The first kappa shape index (κ1) is 21.6. The van der Waals surface area contributed by atoms with Gasteiger partial charge in [-0.3, -0.25) is 0 Å². The maximum absolute atomic E-state index is 13.6. The van der Waals surface area contributed by atoms with Crippen LogP contribution in [0.3, 0.4) is 0 Å². The molecule has 4 rings (SSSR count). The Morgan fingerprint density at radius 3 is 2.17 bits per heavy atom. The van der Waals surface area contributed by atoms with Gasteiger partial charge in [-0.1, -0.05) is 54.1 Å². The third-order valence-electron chi connectivity index (χ3n) is 5.97. The quantitative estimate of drug-likeness (QED) is 0.690. The van der Waals surface area contributed by atoms with E-state index in [4.69, 9.17) is 11.6 Å². The van der Waals surface area contributed by atoms with Crippen molar-refractivity contribution in [3.05, 3.63) is 70.7 Å². The molecule has 2 saturated heterocycles. The number of nitrogens with zero attached hydrogens (tertiary/aromatic N) is 3. The second kappa shape index (κ2) is 8.16. The van der Waals surface area contributed by atoms with Crippen molar-refractivity contribution in [3.8, 4) is 0 Å². The Balaban J connectivity index is 1.67. The Morgan fingerprint density at radius 1 is 0.967 bits per heavy atom. The van der Waals surface area contributed by atoms with Crippen LogP contribution in [0.25, 0.3) is 0 Å². The molecule has 2 heterocycles. The normalized spacial score (nSPS) is 26.1. The Hall–Kier alpha value is -1.58. The van der Waals surface area contributed by atoms with Gasteiger partial charge in [0.1, 0.15) is 0 Å². The molecule has 0 bridgehead atoms. The molecule has 0 aromatic heterocycles. The van der Waals surface area contributed by atoms with Gasteiger partial charge in [-0.2, -0.15) is 12.7 Å². The standard InChI is InChI=1S/C21H24ClF2N3O2S/c1-25-20(17-7-9-18(22)10-8-17)19(16-5-3-2-4-6-16)15-27(25)30(28,29)26-13-11-21(23,24)12-14-26/h2-10,19-20H,11-15H2,1H3/t19-,20?/m1/s1. The van der Waals surface area contributed by atoms with Crippen LogP contribution >= 0.6 is 11.6 Å². The van der Waals surface area contributed by atoms with Crippen molar-refractivity contribution in [2.24, 2.45) is 0 Å². The summed E-state index contributed by atoms with van der Waals surface area (Å²) in [5.41, 5.74) is 1.96. The zero-order chi connectivity index (χ0) is 21.5. The molecule has 0 saturated carbocycles. The first-order valence-electron chi connectivity index (χ1n) is 9.88. The summed E-state index contributed by atoms with van der Waals surface area (Å²) < 4.78 is 56.3.